The predicted molar refractivity (Wildman–Crippen MR) is 87.9 cm³/mol. The molecule has 2 heterocycles. The highest BCUT2D eigenvalue weighted by Gasteiger charge is 2.37. The molecule has 0 aliphatic carbocycles. The standard InChI is InChI=1S/C19H12F6N2O2/c20-18(21,22)12-7-11(8-13(9-12)19(23,24)25)16-26-17(29-27-16)15-6-5-10-3-1-2-4-14(10)28-15/h1-4,7-9,15H,5-6H2/t15-/m0/s1. The molecule has 0 saturated heterocycles. The summed E-state index contributed by atoms with van der Waals surface area (Å²) in [6.07, 6.45) is -9.42. The summed E-state index contributed by atoms with van der Waals surface area (Å²) in [5, 5.41) is 3.56. The fraction of sp³-hybridized carbons (Fsp3) is 0.263. The second kappa shape index (κ2) is 6.78. The Morgan fingerprint density at radius 2 is 1.55 bits per heavy atom. The van der Waals surface area contributed by atoms with Gasteiger partial charge in [0.05, 0.1) is 11.1 Å². The van der Waals surface area contributed by atoms with Gasteiger partial charge in [0, 0.05) is 5.56 Å². The van der Waals surface area contributed by atoms with Crippen LogP contribution in [0.4, 0.5) is 26.3 Å². The number of fused-ring (bicyclic) bond motifs is 1. The third-order valence-electron chi connectivity index (χ3n) is 4.48. The number of hydrogen-bond donors (Lipinski definition) is 0. The maximum Gasteiger partial charge on any atom is 0.416 e. The SMILES string of the molecule is FC(F)(F)c1cc(-c2noc([C@@H]3CCc4ccccc4O3)n2)cc(C(F)(F)F)c1. The van der Waals surface area contributed by atoms with Crippen molar-refractivity contribution in [3.63, 3.8) is 0 Å². The maximum absolute atomic E-state index is 13.0. The Balaban J connectivity index is 1.68. The van der Waals surface area contributed by atoms with E-state index in [0.717, 1.165) is 5.56 Å². The molecule has 1 aliphatic heterocycles. The van der Waals surface area contributed by atoms with Gasteiger partial charge in [-0.25, -0.2) is 0 Å². The molecular formula is C19H12F6N2O2. The molecule has 0 fully saturated rings. The zero-order chi connectivity index (χ0) is 20.8. The van der Waals surface area contributed by atoms with Crippen molar-refractivity contribution in [3.8, 4) is 17.1 Å². The van der Waals surface area contributed by atoms with Crippen molar-refractivity contribution in [1.29, 1.82) is 0 Å². The van der Waals surface area contributed by atoms with Crippen LogP contribution in [0.2, 0.25) is 0 Å². The van der Waals surface area contributed by atoms with Crippen molar-refractivity contribution in [2.24, 2.45) is 0 Å². The zero-order valence-electron chi connectivity index (χ0n) is 14.5. The van der Waals surface area contributed by atoms with Gasteiger partial charge in [-0.15, -0.1) is 0 Å². The normalized spacial score (nSPS) is 17.0. The Kier molecular flexibility index (Phi) is 4.51. The van der Waals surface area contributed by atoms with Crippen LogP contribution >= 0.6 is 0 Å². The molecule has 0 spiro atoms. The first-order valence-electron chi connectivity index (χ1n) is 8.49. The fourth-order valence-corrected chi connectivity index (χ4v) is 3.07. The number of aromatic nitrogens is 2. The Morgan fingerprint density at radius 3 is 2.21 bits per heavy atom. The number of para-hydroxylation sites is 1. The van der Waals surface area contributed by atoms with Crippen LogP contribution in [0, 0.1) is 0 Å². The van der Waals surface area contributed by atoms with Gasteiger partial charge in [-0.1, -0.05) is 23.4 Å². The minimum Gasteiger partial charge on any atom is -0.480 e. The average Bonchev–Trinajstić information content (AvgIpc) is 3.16. The first kappa shape index (κ1) is 19.3. The van der Waals surface area contributed by atoms with Crippen LogP contribution in [0.15, 0.2) is 47.0 Å². The topological polar surface area (TPSA) is 48.2 Å². The van der Waals surface area contributed by atoms with Crippen molar-refractivity contribution in [3.05, 3.63) is 65.0 Å². The highest BCUT2D eigenvalue weighted by molar-refractivity contribution is 5.58. The predicted octanol–water partition coefficient (Wildman–Crippen LogP) is 5.84. The molecule has 0 radical (unpaired) electrons. The molecular weight excluding hydrogens is 402 g/mol. The van der Waals surface area contributed by atoms with E-state index in [4.69, 9.17) is 9.26 Å². The number of rotatable bonds is 2. The van der Waals surface area contributed by atoms with Crippen molar-refractivity contribution in [2.75, 3.05) is 0 Å². The van der Waals surface area contributed by atoms with Gasteiger partial charge in [-0.05, 0) is 42.7 Å². The molecule has 1 aromatic heterocycles. The third-order valence-corrected chi connectivity index (χ3v) is 4.48. The fourth-order valence-electron chi connectivity index (χ4n) is 3.07. The van der Waals surface area contributed by atoms with E-state index in [0.29, 0.717) is 30.7 Å². The van der Waals surface area contributed by atoms with Crippen LogP contribution in [0.25, 0.3) is 11.4 Å². The number of ether oxygens (including phenoxy) is 1. The van der Waals surface area contributed by atoms with E-state index in [-0.39, 0.29) is 17.8 Å². The molecule has 1 atom stereocenters. The summed E-state index contributed by atoms with van der Waals surface area (Å²) in [4.78, 5) is 3.99. The van der Waals surface area contributed by atoms with Gasteiger partial charge < -0.3 is 9.26 Å². The summed E-state index contributed by atoms with van der Waals surface area (Å²) < 4.78 is 89.1. The van der Waals surface area contributed by atoms with E-state index < -0.39 is 35.1 Å². The first-order valence-corrected chi connectivity index (χ1v) is 8.49. The number of alkyl halides is 6. The van der Waals surface area contributed by atoms with Gasteiger partial charge in [0.15, 0.2) is 6.10 Å². The number of nitrogens with zero attached hydrogens (tertiary/aromatic N) is 2. The Bertz CT molecular complexity index is 1010. The number of aryl methyl sites for hydroxylation is 1. The highest BCUT2D eigenvalue weighted by Crippen LogP contribution is 2.39. The molecule has 29 heavy (non-hydrogen) atoms. The maximum atomic E-state index is 13.0. The van der Waals surface area contributed by atoms with Crippen molar-refractivity contribution in [1.82, 2.24) is 10.1 Å². The van der Waals surface area contributed by atoms with Crippen LogP contribution in [0.5, 0.6) is 5.75 Å². The van der Waals surface area contributed by atoms with Gasteiger partial charge in [-0.3, -0.25) is 0 Å². The molecule has 152 valence electrons. The molecule has 4 nitrogen and oxygen atoms in total. The van der Waals surface area contributed by atoms with Gasteiger partial charge in [0.25, 0.3) is 5.89 Å². The molecule has 4 rings (SSSR count). The summed E-state index contributed by atoms with van der Waals surface area (Å²) in [7, 11) is 0. The van der Waals surface area contributed by atoms with Crippen molar-refractivity contribution < 1.29 is 35.6 Å². The van der Waals surface area contributed by atoms with Crippen LogP contribution in [0.1, 0.15) is 35.1 Å². The van der Waals surface area contributed by atoms with Gasteiger partial charge >= 0.3 is 12.4 Å². The summed E-state index contributed by atoms with van der Waals surface area (Å²) in [6, 6.07) is 8.45. The molecule has 10 heteroatoms. The summed E-state index contributed by atoms with van der Waals surface area (Å²) >= 11 is 0. The molecule has 0 N–H and O–H groups in total. The largest absolute Gasteiger partial charge is 0.480 e. The van der Waals surface area contributed by atoms with E-state index in [1.54, 1.807) is 12.1 Å². The Morgan fingerprint density at radius 1 is 0.897 bits per heavy atom. The summed E-state index contributed by atoms with van der Waals surface area (Å²) in [6.45, 7) is 0. The van der Waals surface area contributed by atoms with Gasteiger partial charge in [0.2, 0.25) is 5.82 Å². The van der Waals surface area contributed by atoms with E-state index in [1.165, 1.54) is 0 Å². The van der Waals surface area contributed by atoms with E-state index in [2.05, 4.69) is 10.1 Å². The van der Waals surface area contributed by atoms with Crippen LogP contribution in [-0.4, -0.2) is 10.1 Å². The van der Waals surface area contributed by atoms with Crippen LogP contribution in [0.3, 0.4) is 0 Å². The van der Waals surface area contributed by atoms with Crippen LogP contribution in [-0.2, 0) is 18.8 Å². The smallest absolute Gasteiger partial charge is 0.416 e. The Hall–Kier alpha value is -3.04. The molecule has 2 aromatic carbocycles. The minimum atomic E-state index is -4.96. The molecule has 0 bridgehead atoms. The average molecular weight is 414 g/mol. The van der Waals surface area contributed by atoms with Crippen LogP contribution < -0.4 is 4.74 Å². The lowest BCUT2D eigenvalue weighted by atomic mass is 10.0. The molecule has 3 aromatic rings. The third kappa shape index (κ3) is 3.92. The van der Waals surface area contributed by atoms with E-state index in [1.807, 2.05) is 12.1 Å². The lowest BCUT2D eigenvalue weighted by molar-refractivity contribution is -0.143. The van der Waals surface area contributed by atoms with Crippen molar-refractivity contribution >= 4 is 0 Å². The number of halogens is 6. The monoisotopic (exact) mass is 414 g/mol. The minimum absolute atomic E-state index is 0.0135. The van der Waals surface area contributed by atoms with E-state index >= 15 is 0 Å². The zero-order valence-corrected chi connectivity index (χ0v) is 14.5. The molecule has 0 amide bonds. The number of benzene rings is 2. The quantitative estimate of drug-likeness (QED) is 0.495. The van der Waals surface area contributed by atoms with Gasteiger partial charge in [0.1, 0.15) is 5.75 Å². The first-order chi connectivity index (χ1) is 13.6. The summed E-state index contributed by atoms with van der Waals surface area (Å²) in [5.74, 6) is 0.224. The summed E-state index contributed by atoms with van der Waals surface area (Å²) in [5.41, 5.74) is -2.36. The lowest BCUT2D eigenvalue weighted by Crippen LogP contribution is -2.15. The lowest BCUT2D eigenvalue weighted by Gasteiger charge is -2.23. The van der Waals surface area contributed by atoms with Gasteiger partial charge in [-0.2, -0.15) is 31.3 Å². The second-order valence-electron chi connectivity index (χ2n) is 6.50. The molecule has 0 saturated carbocycles. The molecule has 0 unspecified atom stereocenters. The highest BCUT2D eigenvalue weighted by atomic mass is 19.4. The second-order valence-corrected chi connectivity index (χ2v) is 6.50. The van der Waals surface area contributed by atoms with E-state index in [9.17, 15) is 26.3 Å². The Labute approximate surface area is 160 Å². The molecule has 1 aliphatic rings. The van der Waals surface area contributed by atoms with Crippen molar-refractivity contribution in [2.45, 2.75) is 31.3 Å². The number of hydrogen-bond acceptors (Lipinski definition) is 4.